The van der Waals surface area contributed by atoms with Crippen molar-refractivity contribution in [3.8, 4) is 11.1 Å². The second-order valence-electron chi connectivity index (χ2n) is 8.01. The SMILES string of the molecule is CC(C)(C)OC(=O)N[C@H]1C/C=C/CCC(=O)Nc2ccccc2-c2ccnc1c2. The minimum absolute atomic E-state index is 0.0287. The van der Waals surface area contributed by atoms with E-state index in [0.717, 1.165) is 22.5 Å². The third-order valence-corrected chi connectivity index (χ3v) is 4.42. The Bertz CT molecular complexity index is 916. The van der Waals surface area contributed by atoms with Crippen molar-refractivity contribution in [1.82, 2.24) is 10.3 Å². The normalized spacial score (nSPS) is 18.2. The van der Waals surface area contributed by atoms with Crippen molar-refractivity contribution in [2.45, 2.75) is 51.7 Å². The summed E-state index contributed by atoms with van der Waals surface area (Å²) in [4.78, 5) is 29.1. The molecule has 2 N–H and O–H groups in total. The van der Waals surface area contributed by atoms with Crippen LogP contribution in [0.1, 0.15) is 51.8 Å². The summed E-state index contributed by atoms with van der Waals surface area (Å²) in [6.07, 6.45) is 6.73. The quantitative estimate of drug-likeness (QED) is 0.669. The van der Waals surface area contributed by atoms with Crippen molar-refractivity contribution in [1.29, 1.82) is 0 Å². The van der Waals surface area contributed by atoms with Gasteiger partial charge in [0.05, 0.1) is 11.7 Å². The van der Waals surface area contributed by atoms with Gasteiger partial charge in [-0.05, 0) is 57.4 Å². The number of fused-ring (bicyclic) bond motifs is 4. The van der Waals surface area contributed by atoms with Gasteiger partial charge in [-0.2, -0.15) is 0 Å². The monoisotopic (exact) mass is 393 g/mol. The van der Waals surface area contributed by atoms with Crippen molar-refractivity contribution in [3.63, 3.8) is 0 Å². The molecule has 0 radical (unpaired) electrons. The van der Waals surface area contributed by atoms with E-state index in [-0.39, 0.29) is 11.9 Å². The number of alkyl carbamates (subject to hydrolysis) is 1. The molecule has 6 heteroatoms. The molecule has 1 aromatic heterocycles. The zero-order chi connectivity index (χ0) is 20.9. The van der Waals surface area contributed by atoms with E-state index in [4.69, 9.17) is 4.74 Å². The van der Waals surface area contributed by atoms with Crippen LogP contribution in [0.4, 0.5) is 10.5 Å². The summed E-state index contributed by atoms with van der Waals surface area (Å²) in [6.45, 7) is 5.49. The van der Waals surface area contributed by atoms with E-state index in [0.29, 0.717) is 19.3 Å². The first kappa shape index (κ1) is 20.6. The minimum Gasteiger partial charge on any atom is -0.444 e. The molecule has 0 fully saturated rings. The van der Waals surface area contributed by atoms with E-state index >= 15 is 0 Å². The summed E-state index contributed by atoms with van der Waals surface area (Å²) < 4.78 is 5.42. The summed E-state index contributed by atoms with van der Waals surface area (Å²) in [6, 6.07) is 11.2. The number of pyridine rings is 1. The minimum atomic E-state index is -0.580. The third-order valence-electron chi connectivity index (χ3n) is 4.42. The van der Waals surface area contributed by atoms with E-state index in [1.807, 2.05) is 69.3 Å². The number of benzene rings is 1. The molecule has 29 heavy (non-hydrogen) atoms. The summed E-state index contributed by atoms with van der Waals surface area (Å²) in [7, 11) is 0. The van der Waals surface area contributed by atoms with Crippen molar-refractivity contribution >= 4 is 17.7 Å². The summed E-state index contributed by atoms with van der Waals surface area (Å²) >= 11 is 0. The second-order valence-corrected chi connectivity index (χ2v) is 8.01. The maximum Gasteiger partial charge on any atom is 0.408 e. The fourth-order valence-corrected chi connectivity index (χ4v) is 3.13. The van der Waals surface area contributed by atoms with Gasteiger partial charge in [-0.3, -0.25) is 9.78 Å². The average molecular weight is 393 g/mol. The Morgan fingerprint density at radius 1 is 1.21 bits per heavy atom. The predicted octanol–water partition coefficient (Wildman–Crippen LogP) is 4.99. The number of aromatic nitrogens is 1. The lowest BCUT2D eigenvalue weighted by Crippen LogP contribution is -2.35. The smallest absolute Gasteiger partial charge is 0.408 e. The average Bonchev–Trinajstić information content (AvgIpc) is 2.66. The first-order valence-electron chi connectivity index (χ1n) is 9.81. The zero-order valence-corrected chi connectivity index (χ0v) is 17.1. The molecular weight excluding hydrogens is 366 g/mol. The van der Waals surface area contributed by atoms with Crippen LogP contribution in [0, 0.1) is 0 Å². The molecule has 0 spiro atoms. The van der Waals surface area contributed by atoms with E-state index in [2.05, 4.69) is 15.6 Å². The summed E-state index contributed by atoms with van der Waals surface area (Å²) in [5.41, 5.74) is 2.74. The maximum absolute atomic E-state index is 12.4. The van der Waals surface area contributed by atoms with Gasteiger partial charge < -0.3 is 15.4 Å². The van der Waals surface area contributed by atoms with E-state index in [9.17, 15) is 9.59 Å². The lowest BCUT2D eigenvalue weighted by molar-refractivity contribution is -0.116. The highest BCUT2D eigenvalue weighted by atomic mass is 16.6. The van der Waals surface area contributed by atoms with Gasteiger partial charge in [-0.15, -0.1) is 0 Å². The number of hydrogen-bond acceptors (Lipinski definition) is 4. The lowest BCUT2D eigenvalue weighted by Gasteiger charge is -2.23. The molecule has 6 nitrogen and oxygen atoms in total. The number of ether oxygens (including phenoxy) is 1. The van der Waals surface area contributed by atoms with Crippen LogP contribution in [0.5, 0.6) is 0 Å². The number of para-hydroxylation sites is 1. The second kappa shape index (κ2) is 8.90. The fraction of sp³-hybridized carbons (Fsp3) is 0.348. The maximum atomic E-state index is 12.4. The van der Waals surface area contributed by atoms with Gasteiger partial charge in [-0.1, -0.05) is 30.4 Å². The molecule has 1 aromatic carbocycles. The van der Waals surface area contributed by atoms with Gasteiger partial charge in [0.1, 0.15) is 5.60 Å². The van der Waals surface area contributed by atoms with Gasteiger partial charge in [0.25, 0.3) is 0 Å². The first-order chi connectivity index (χ1) is 13.8. The van der Waals surface area contributed by atoms with Crippen LogP contribution in [0.2, 0.25) is 0 Å². The number of carbonyl (C=O) groups is 2. The molecule has 152 valence electrons. The number of nitrogens with zero attached hydrogens (tertiary/aromatic N) is 1. The number of amides is 2. The Labute approximate surface area is 171 Å². The third kappa shape index (κ3) is 5.91. The number of allylic oxidation sites excluding steroid dienone is 1. The molecule has 0 aliphatic carbocycles. The van der Waals surface area contributed by atoms with Gasteiger partial charge >= 0.3 is 6.09 Å². The van der Waals surface area contributed by atoms with Gasteiger partial charge in [0.2, 0.25) is 5.91 Å². The van der Waals surface area contributed by atoms with E-state index in [1.54, 1.807) is 6.20 Å². The topological polar surface area (TPSA) is 80.3 Å². The fourth-order valence-electron chi connectivity index (χ4n) is 3.13. The van der Waals surface area contributed by atoms with Crippen LogP contribution < -0.4 is 10.6 Å². The van der Waals surface area contributed by atoms with Crippen LogP contribution in [0.25, 0.3) is 11.1 Å². The number of nitrogens with one attached hydrogen (secondary N) is 2. The molecule has 0 saturated carbocycles. The Morgan fingerprint density at radius 2 is 2.00 bits per heavy atom. The first-order valence-corrected chi connectivity index (χ1v) is 9.81. The highest BCUT2D eigenvalue weighted by Crippen LogP contribution is 2.30. The molecule has 1 aliphatic rings. The Morgan fingerprint density at radius 3 is 2.79 bits per heavy atom. The molecule has 0 unspecified atom stereocenters. The lowest BCUT2D eigenvalue weighted by atomic mass is 10.0. The molecule has 2 aromatic rings. The number of rotatable bonds is 1. The number of anilines is 1. The molecule has 2 bridgehead atoms. The molecule has 2 heterocycles. The highest BCUT2D eigenvalue weighted by molar-refractivity contribution is 5.95. The van der Waals surface area contributed by atoms with Crippen LogP contribution in [0.3, 0.4) is 0 Å². The molecule has 1 aliphatic heterocycles. The van der Waals surface area contributed by atoms with Crippen molar-refractivity contribution in [2.75, 3.05) is 5.32 Å². The Balaban J connectivity index is 1.97. The largest absolute Gasteiger partial charge is 0.444 e. The molecule has 2 amide bonds. The van der Waals surface area contributed by atoms with Crippen LogP contribution >= 0.6 is 0 Å². The van der Waals surface area contributed by atoms with E-state index in [1.165, 1.54) is 0 Å². The van der Waals surface area contributed by atoms with Crippen molar-refractivity contribution in [2.24, 2.45) is 0 Å². The number of hydrogen-bond donors (Lipinski definition) is 2. The Kier molecular flexibility index (Phi) is 6.32. The molecular formula is C23H27N3O3. The number of carbonyl (C=O) groups excluding carboxylic acids is 2. The van der Waals surface area contributed by atoms with Crippen LogP contribution in [0.15, 0.2) is 54.7 Å². The summed E-state index contributed by atoms with van der Waals surface area (Å²) in [5.74, 6) is -0.0287. The zero-order valence-electron chi connectivity index (χ0n) is 17.1. The molecule has 0 saturated heterocycles. The highest BCUT2D eigenvalue weighted by Gasteiger charge is 2.21. The molecule has 1 atom stereocenters. The van der Waals surface area contributed by atoms with E-state index < -0.39 is 11.7 Å². The summed E-state index contributed by atoms with van der Waals surface area (Å²) in [5, 5.41) is 5.92. The van der Waals surface area contributed by atoms with Gasteiger partial charge in [-0.25, -0.2) is 4.79 Å². The van der Waals surface area contributed by atoms with Crippen LogP contribution in [-0.4, -0.2) is 22.6 Å². The van der Waals surface area contributed by atoms with Crippen molar-refractivity contribution < 1.29 is 14.3 Å². The predicted molar refractivity (Wildman–Crippen MR) is 113 cm³/mol. The Hall–Kier alpha value is -3.15. The standard InChI is InChI=1S/C23H27N3O3/c1-23(2,3)29-22(28)26-19-11-5-4-6-12-21(27)25-18-10-8-7-9-17(18)16-13-14-24-20(19)15-16/h4-5,7-10,13-15,19H,6,11-12H2,1-3H3,(H,25,27)(H,26,28)/b5-4+/t19-/m0/s1. The van der Waals surface area contributed by atoms with Crippen molar-refractivity contribution in [3.05, 3.63) is 60.4 Å². The van der Waals surface area contributed by atoms with Gasteiger partial charge in [0.15, 0.2) is 0 Å². The van der Waals surface area contributed by atoms with Crippen LogP contribution in [-0.2, 0) is 9.53 Å². The van der Waals surface area contributed by atoms with Gasteiger partial charge in [0, 0.05) is 23.9 Å². The molecule has 3 rings (SSSR count).